The number of nitrogens with one attached hydrogen (secondary N) is 2. The van der Waals surface area contributed by atoms with Crippen LogP contribution < -0.4 is 10.6 Å². The Bertz CT molecular complexity index is 1480. The first-order valence-corrected chi connectivity index (χ1v) is 13.2. The van der Waals surface area contributed by atoms with Crippen LogP contribution in [-0.4, -0.2) is 51.8 Å². The lowest BCUT2D eigenvalue weighted by molar-refractivity contribution is -0.138. The number of nitrogens with zero attached hydrogens (tertiary/aromatic N) is 3. The summed E-state index contributed by atoms with van der Waals surface area (Å²) in [5.74, 6) is -1.02. The van der Waals surface area contributed by atoms with Gasteiger partial charge in [-0.25, -0.2) is 4.79 Å². The Balaban J connectivity index is 1.52. The van der Waals surface area contributed by atoms with E-state index >= 15 is 0 Å². The topological polar surface area (TPSA) is 94.6 Å². The molecule has 3 aromatic rings. The summed E-state index contributed by atoms with van der Waals surface area (Å²) in [5.41, 5.74) is 0.770. The molecular weight excluding hydrogens is 535 g/mol. The van der Waals surface area contributed by atoms with E-state index in [0.717, 1.165) is 17.2 Å². The van der Waals surface area contributed by atoms with E-state index in [1.165, 1.54) is 28.0 Å². The fraction of sp³-hybridized carbons (Fsp3) is 0.267. The number of rotatable bonds is 8. The van der Waals surface area contributed by atoms with Crippen LogP contribution in [0, 0.1) is 0 Å². The maximum absolute atomic E-state index is 14.1. The van der Waals surface area contributed by atoms with Crippen LogP contribution in [0.3, 0.4) is 0 Å². The molecule has 2 aliphatic rings. The molecule has 212 valence electrons. The summed E-state index contributed by atoms with van der Waals surface area (Å²) in [6, 6.07) is 14.6. The van der Waals surface area contributed by atoms with Gasteiger partial charge in [-0.3, -0.25) is 19.5 Å². The van der Waals surface area contributed by atoms with E-state index in [9.17, 15) is 27.6 Å². The lowest BCUT2D eigenvalue weighted by Gasteiger charge is -2.33. The van der Waals surface area contributed by atoms with Crippen molar-refractivity contribution in [2.45, 2.75) is 38.1 Å². The third kappa shape index (κ3) is 5.65. The zero-order chi connectivity index (χ0) is 29.1. The van der Waals surface area contributed by atoms with E-state index in [0.29, 0.717) is 5.70 Å². The number of urea groups is 1. The summed E-state index contributed by atoms with van der Waals surface area (Å²) in [5, 5.41) is 5.49. The Labute approximate surface area is 234 Å². The molecule has 0 spiro atoms. The van der Waals surface area contributed by atoms with E-state index in [2.05, 4.69) is 15.6 Å². The summed E-state index contributed by atoms with van der Waals surface area (Å²) in [4.78, 5) is 47.4. The number of likely N-dealkylation sites (N-methyl/N-ethyl adjacent to an activating group) is 1. The van der Waals surface area contributed by atoms with E-state index in [4.69, 9.17) is 0 Å². The predicted octanol–water partition coefficient (Wildman–Crippen LogP) is 4.21. The molecule has 2 aromatic carbocycles. The molecule has 0 saturated carbocycles. The molecule has 5 rings (SSSR count). The van der Waals surface area contributed by atoms with Crippen LogP contribution in [0.2, 0.25) is 0 Å². The summed E-state index contributed by atoms with van der Waals surface area (Å²) in [6.07, 6.45) is -1.32. The average Bonchev–Trinajstić information content (AvgIpc) is 3.31. The second-order valence-corrected chi connectivity index (χ2v) is 9.78. The number of alkyl halides is 3. The second kappa shape index (κ2) is 11.4. The number of hydrogen-bond donors (Lipinski definition) is 2. The van der Waals surface area contributed by atoms with Crippen molar-refractivity contribution in [2.75, 3.05) is 13.1 Å². The minimum absolute atomic E-state index is 0.0307. The molecular formula is C30H28F3N5O3. The van der Waals surface area contributed by atoms with Gasteiger partial charge in [0.05, 0.1) is 29.4 Å². The number of pyridine rings is 1. The quantitative estimate of drug-likeness (QED) is 0.430. The number of carbonyl (C=O) groups excluding carboxylic acids is 3. The van der Waals surface area contributed by atoms with Gasteiger partial charge in [-0.15, -0.1) is 0 Å². The molecule has 3 heterocycles. The molecule has 0 aliphatic carbocycles. The van der Waals surface area contributed by atoms with Gasteiger partial charge in [0.2, 0.25) is 5.91 Å². The van der Waals surface area contributed by atoms with Gasteiger partial charge in [0, 0.05) is 31.9 Å². The minimum Gasteiger partial charge on any atom is -0.350 e. The highest BCUT2D eigenvalue weighted by atomic mass is 19.4. The summed E-state index contributed by atoms with van der Waals surface area (Å²) in [7, 11) is 0. The molecule has 11 heteroatoms. The molecule has 0 saturated heterocycles. The van der Waals surface area contributed by atoms with Crippen LogP contribution >= 0.6 is 0 Å². The fourth-order valence-electron chi connectivity index (χ4n) is 5.33. The third-order valence-electron chi connectivity index (χ3n) is 7.31. The van der Waals surface area contributed by atoms with Crippen LogP contribution in [0.15, 0.2) is 90.4 Å². The fourth-order valence-corrected chi connectivity index (χ4v) is 5.33. The number of aromatic nitrogens is 1. The normalized spacial score (nSPS) is 17.8. The second-order valence-electron chi connectivity index (χ2n) is 9.78. The van der Waals surface area contributed by atoms with E-state index in [-0.39, 0.29) is 37.2 Å². The van der Waals surface area contributed by atoms with Gasteiger partial charge in [-0.05, 0) is 41.8 Å². The monoisotopic (exact) mass is 563 g/mol. The van der Waals surface area contributed by atoms with Crippen molar-refractivity contribution < 1.29 is 27.6 Å². The zero-order valence-corrected chi connectivity index (χ0v) is 22.2. The SMILES string of the molecule is CCN1C(=O)NC(c2ccccc2C(F)(F)F)C2=C1CN(C(Cc1ccccc1)C(=O)NCc1ccncc1)C2=O. The van der Waals surface area contributed by atoms with Crippen molar-refractivity contribution in [3.63, 3.8) is 0 Å². The average molecular weight is 564 g/mol. The zero-order valence-electron chi connectivity index (χ0n) is 22.2. The molecule has 0 bridgehead atoms. The summed E-state index contributed by atoms with van der Waals surface area (Å²) in [6.45, 7) is 2.01. The molecule has 0 radical (unpaired) electrons. The molecule has 1 aromatic heterocycles. The molecule has 41 heavy (non-hydrogen) atoms. The van der Waals surface area contributed by atoms with E-state index < -0.39 is 41.7 Å². The Morgan fingerprint density at radius 1 is 1.02 bits per heavy atom. The number of benzene rings is 2. The first-order chi connectivity index (χ1) is 19.7. The highest BCUT2D eigenvalue weighted by molar-refractivity contribution is 6.03. The molecule has 2 N–H and O–H groups in total. The minimum atomic E-state index is -4.70. The maximum atomic E-state index is 14.1. The number of hydrogen-bond acceptors (Lipinski definition) is 4. The third-order valence-corrected chi connectivity index (χ3v) is 7.31. The molecule has 2 atom stereocenters. The van der Waals surface area contributed by atoms with Crippen LogP contribution in [0.5, 0.6) is 0 Å². The number of amides is 4. The summed E-state index contributed by atoms with van der Waals surface area (Å²) < 4.78 is 41.9. The number of carbonyl (C=O) groups is 3. The Morgan fingerprint density at radius 3 is 2.39 bits per heavy atom. The van der Waals surface area contributed by atoms with Gasteiger partial charge in [0.15, 0.2) is 0 Å². The first-order valence-electron chi connectivity index (χ1n) is 13.2. The van der Waals surface area contributed by atoms with Gasteiger partial charge < -0.3 is 15.5 Å². The molecule has 8 nitrogen and oxygen atoms in total. The summed E-state index contributed by atoms with van der Waals surface area (Å²) >= 11 is 0. The Kier molecular flexibility index (Phi) is 7.78. The number of halogens is 3. The van der Waals surface area contributed by atoms with E-state index in [1.807, 2.05) is 30.3 Å². The lowest BCUT2D eigenvalue weighted by Crippen LogP contribution is -2.49. The van der Waals surface area contributed by atoms with Crippen molar-refractivity contribution in [1.29, 1.82) is 0 Å². The van der Waals surface area contributed by atoms with Gasteiger partial charge in [-0.1, -0.05) is 48.5 Å². The molecule has 2 aliphatic heterocycles. The Morgan fingerprint density at radius 2 is 1.71 bits per heavy atom. The van der Waals surface area contributed by atoms with Crippen molar-refractivity contribution >= 4 is 17.8 Å². The highest BCUT2D eigenvalue weighted by Gasteiger charge is 2.48. The largest absolute Gasteiger partial charge is 0.416 e. The maximum Gasteiger partial charge on any atom is 0.416 e. The Hall–Kier alpha value is -4.67. The lowest BCUT2D eigenvalue weighted by atomic mass is 9.91. The highest BCUT2D eigenvalue weighted by Crippen LogP contribution is 2.42. The van der Waals surface area contributed by atoms with Gasteiger partial charge >= 0.3 is 12.2 Å². The standard InChI is InChI=1S/C30H28F3N5O3/c1-2-37-24-18-38(23(16-19-8-4-3-5-9-19)27(39)35-17-20-12-14-34-15-13-20)28(40)25(24)26(36-29(37)41)21-10-6-7-11-22(21)30(31,32)33/h3-15,23,26H,2,16-18H2,1H3,(H,35,39)(H,36,41). The van der Waals surface area contributed by atoms with Crippen LogP contribution in [-0.2, 0) is 28.7 Å². The first kappa shape index (κ1) is 27.9. The van der Waals surface area contributed by atoms with Crippen LogP contribution in [0.4, 0.5) is 18.0 Å². The molecule has 4 amide bonds. The van der Waals surface area contributed by atoms with Gasteiger partial charge in [0.1, 0.15) is 6.04 Å². The van der Waals surface area contributed by atoms with Crippen molar-refractivity contribution in [3.05, 3.63) is 113 Å². The molecule has 2 unspecified atom stereocenters. The van der Waals surface area contributed by atoms with Gasteiger partial charge in [0.25, 0.3) is 5.91 Å². The molecule has 0 fully saturated rings. The van der Waals surface area contributed by atoms with E-state index in [1.54, 1.807) is 31.5 Å². The van der Waals surface area contributed by atoms with Crippen molar-refractivity contribution in [2.24, 2.45) is 0 Å². The van der Waals surface area contributed by atoms with Crippen LogP contribution in [0.25, 0.3) is 0 Å². The smallest absolute Gasteiger partial charge is 0.350 e. The van der Waals surface area contributed by atoms with Crippen molar-refractivity contribution in [1.82, 2.24) is 25.4 Å². The predicted molar refractivity (Wildman–Crippen MR) is 144 cm³/mol. The van der Waals surface area contributed by atoms with Crippen LogP contribution in [0.1, 0.15) is 35.2 Å². The van der Waals surface area contributed by atoms with Gasteiger partial charge in [-0.2, -0.15) is 13.2 Å². The van der Waals surface area contributed by atoms with Crippen molar-refractivity contribution in [3.8, 4) is 0 Å².